The van der Waals surface area contributed by atoms with Crippen molar-refractivity contribution in [1.82, 2.24) is 19.9 Å². The summed E-state index contributed by atoms with van der Waals surface area (Å²) in [5.41, 5.74) is 0.886. The van der Waals surface area contributed by atoms with Gasteiger partial charge in [0.1, 0.15) is 0 Å². The van der Waals surface area contributed by atoms with E-state index in [4.69, 9.17) is 0 Å². The molecule has 25 heavy (non-hydrogen) atoms. The van der Waals surface area contributed by atoms with Crippen molar-refractivity contribution in [2.75, 3.05) is 13.1 Å². The van der Waals surface area contributed by atoms with Gasteiger partial charge in [0, 0.05) is 19.3 Å². The van der Waals surface area contributed by atoms with Gasteiger partial charge in [-0.1, -0.05) is 29.5 Å². The monoisotopic (exact) mass is 339 g/mol. The van der Waals surface area contributed by atoms with Crippen molar-refractivity contribution in [3.8, 4) is 6.07 Å². The molecule has 6 nitrogen and oxygen atoms in total. The number of hydrogen-bond acceptors (Lipinski definition) is 5. The third-order valence-corrected chi connectivity index (χ3v) is 4.93. The molecule has 0 bridgehead atoms. The molecule has 1 unspecified atom stereocenters. The van der Waals surface area contributed by atoms with Crippen molar-refractivity contribution in [3.63, 3.8) is 0 Å². The summed E-state index contributed by atoms with van der Waals surface area (Å²) in [6.45, 7) is 6.62. The third-order valence-electron chi connectivity index (χ3n) is 4.93. The van der Waals surface area contributed by atoms with Crippen LogP contribution in [-0.2, 0) is 18.5 Å². The number of β-amino-alcohol motifs (C(OH)–C–C–N with tert-alkyl or cyclic N) is 1. The summed E-state index contributed by atoms with van der Waals surface area (Å²) in [5, 5.41) is 28.3. The molecule has 3 rings (SSSR count). The fourth-order valence-corrected chi connectivity index (χ4v) is 3.66. The summed E-state index contributed by atoms with van der Waals surface area (Å²) < 4.78 is 1.69. The number of nitriles is 1. The molecule has 1 aromatic heterocycles. The zero-order valence-corrected chi connectivity index (χ0v) is 14.9. The van der Waals surface area contributed by atoms with Gasteiger partial charge in [-0.3, -0.25) is 4.90 Å². The lowest BCUT2D eigenvalue weighted by atomic mass is 9.82. The second-order valence-electron chi connectivity index (χ2n) is 7.53. The number of aliphatic hydroxyl groups is 1. The Morgan fingerprint density at radius 3 is 2.88 bits per heavy atom. The highest BCUT2D eigenvalue weighted by Crippen LogP contribution is 2.29. The highest BCUT2D eigenvalue weighted by molar-refractivity contribution is 5.37. The first-order valence-corrected chi connectivity index (χ1v) is 8.70. The highest BCUT2D eigenvalue weighted by atomic mass is 16.3. The lowest BCUT2D eigenvalue weighted by Crippen LogP contribution is -2.50. The van der Waals surface area contributed by atoms with Gasteiger partial charge in [0.2, 0.25) is 0 Å². The van der Waals surface area contributed by atoms with E-state index in [1.807, 2.05) is 32.0 Å². The second-order valence-corrected chi connectivity index (χ2v) is 7.53. The largest absolute Gasteiger partial charge is 0.387 e. The summed E-state index contributed by atoms with van der Waals surface area (Å²) in [4.78, 5) is 2.27. The molecule has 1 N–H and O–H groups in total. The first-order chi connectivity index (χ1) is 11.9. The number of rotatable bonds is 5. The van der Waals surface area contributed by atoms with E-state index in [-0.39, 0.29) is 0 Å². The predicted molar refractivity (Wildman–Crippen MR) is 94.6 cm³/mol. The van der Waals surface area contributed by atoms with E-state index in [0.717, 1.165) is 37.1 Å². The first kappa shape index (κ1) is 17.6. The number of nitrogens with zero attached hydrogens (tertiary/aromatic N) is 5. The van der Waals surface area contributed by atoms with Crippen molar-refractivity contribution in [2.24, 2.45) is 0 Å². The predicted octanol–water partition coefficient (Wildman–Crippen LogP) is 2.11. The molecule has 0 saturated carbocycles. The zero-order valence-electron chi connectivity index (χ0n) is 14.9. The van der Waals surface area contributed by atoms with Gasteiger partial charge in [-0.15, -0.1) is 5.10 Å². The molecule has 0 spiro atoms. The van der Waals surface area contributed by atoms with Gasteiger partial charge in [0.25, 0.3) is 0 Å². The van der Waals surface area contributed by atoms with Crippen LogP contribution in [0.4, 0.5) is 0 Å². The molecule has 1 saturated heterocycles. The Balaban J connectivity index is 1.75. The number of piperidine rings is 1. The van der Waals surface area contributed by atoms with Gasteiger partial charge in [-0.2, -0.15) is 5.26 Å². The maximum Gasteiger partial charge on any atom is 0.0970 e. The summed E-state index contributed by atoms with van der Waals surface area (Å²) in [5.74, 6) is 0. The number of likely N-dealkylation sites (tertiary alicyclic amines) is 1. The summed E-state index contributed by atoms with van der Waals surface area (Å²) in [7, 11) is 0. The van der Waals surface area contributed by atoms with E-state index in [0.29, 0.717) is 13.1 Å². The van der Waals surface area contributed by atoms with Crippen LogP contribution in [0.15, 0.2) is 36.7 Å². The number of benzene rings is 1. The average molecular weight is 339 g/mol. The Morgan fingerprint density at radius 1 is 1.36 bits per heavy atom. The quantitative estimate of drug-likeness (QED) is 0.903. The third kappa shape index (κ3) is 4.06. The maximum atomic E-state index is 11.0. The van der Waals surface area contributed by atoms with E-state index >= 15 is 0 Å². The second kappa shape index (κ2) is 6.95. The molecule has 1 atom stereocenters. The van der Waals surface area contributed by atoms with Crippen LogP contribution in [0, 0.1) is 11.3 Å². The Morgan fingerprint density at radius 2 is 2.16 bits per heavy atom. The van der Waals surface area contributed by atoms with E-state index in [9.17, 15) is 10.4 Å². The Bertz CT molecular complexity index is 749. The van der Waals surface area contributed by atoms with Crippen molar-refractivity contribution in [1.29, 1.82) is 5.26 Å². The highest BCUT2D eigenvalue weighted by Gasteiger charge is 2.34. The fourth-order valence-electron chi connectivity index (χ4n) is 3.66. The van der Waals surface area contributed by atoms with Crippen LogP contribution in [0.2, 0.25) is 0 Å². The van der Waals surface area contributed by atoms with Crippen molar-refractivity contribution < 1.29 is 5.11 Å². The van der Waals surface area contributed by atoms with Gasteiger partial charge < -0.3 is 5.11 Å². The molecule has 2 heterocycles. The molecule has 1 fully saturated rings. The van der Waals surface area contributed by atoms with Gasteiger partial charge in [-0.25, -0.2) is 4.68 Å². The molecule has 2 aromatic rings. The van der Waals surface area contributed by atoms with Crippen LogP contribution in [0.1, 0.15) is 37.8 Å². The van der Waals surface area contributed by atoms with Crippen LogP contribution in [0.3, 0.4) is 0 Å². The Hall–Kier alpha value is -2.23. The summed E-state index contributed by atoms with van der Waals surface area (Å²) in [6, 6.07) is 10.5. The number of hydrogen-bond donors (Lipinski definition) is 1. The van der Waals surface area contributed by atoms with Gasteiger partial charge in [0.15, 0.2) is 0 Å². The van der Waals surface area contributed by atoms with Crippen molar-refractivity contribution in [2.45, 2.75) is 50.8 Å². The lowest BCUT2D eigenvalue weighted by Gasteiger charge is -2.39. The lowest BCUT2D eigenvalue weighted by molar-refractivity contribution is -0.0479. The molecule has 0 amide bonds. The van der Waals surface area contributed by atoms with E-state index in [1.165, 1.54) is 0 Å². The molecule has 132 valence electrons. The molecule has 0 aliphatic carbocycles. The van der Waals surface area contributed by atoms with Gasteiger partial charge in [-0.05, 0) is 44.4 Å². The maximum absolute atomic E-state index is 11.0. The van der Waals surface area contributed by atoms with Crippen LogP contribution in [-0.4, -0.2) is 43.7 Å². The van der Waals surface area contributed by atoms with Crippen LogP contribution >= 0.6 is 0 Å². The smallest absolute Gasteiger partial charge is 0.0970 e. The molecule has 1 aliphatic heterocycles. The standard InChI is InChI=1S/C19H25N5O/c1-18(2,13-20)17-7-4-3-6-16(17)12-23-10-5-8-19(25,14-23)15-24-11-9-21-22-24/h3-4,6-7,9,11,25H,5,8,10,12,14-15H2,1-2H3. The van der Waals surface area contributed by atoms with Crippen LogP contribution < -0.4 is 0 Å². The molecular formula is C19H25N5O. The van der Waals surface area contributed by atoms with Crippen LogP contribution in [0.5, 0.6) is 0 Å². The Labute approximate surface area is 148 Å². The van der Waals surface area contributed by atoms with E-state index in [1.54, 1.807) is 17.1 Å². The van der Waals surface area contributed by atoms with Gasteiger partial charge >= 0.3 is 0 Å². The molecule has 1 aliphatic rings. The van der Waals surface area contributed by atoms with E-state index in [2.05, 4.69) is 27.3 Å². The fraction of sp³-hybridized carbons (Fsp3) is 0.526. The van der Waals surface area contributed by atoms with Crippen LogP contribution in [0.25, 0.3) is 0 Å². The first-order valence-electron chi connectivity index (χ1n) is 8.70. The topological polar surface area (TPSA) is 78.0 Å². The van der Waals surface area contributed by atoms with Crippen molar-refractivity contribution in [3.05, 3.63) is 47.8 Å². The minimum Gasteiger partial charge on any atom is -0.387 e. The minimum atomic E-state index is -0.800. The average Bonchev–Trinajstić information content (AvgIpc) is 3.07. The normalized spacial score (nSPS) is 21.8. The van der Waals surface area contributed by atoms with E-state index < -0.39 is 11.0 Å². The molecule has 1 aromatic carbocycles. The van der Waals surface area contributed by atoms with Gasteiger partial charge in [0.05, 0.1) is 29.8 Å². The summed E-state index contributed by atoms with van der Waals surface area (Å²) in [6.07, 6.45) is 5.11. The van der Waals surface area contributed by atoms with Crippen molar-refractivity contribution >= 4 is 0 Å². The molecule has 0 radical (unpaired) electrons. The summed E-state index contributed by atoms with van der Waals surface area (Å²) >= 11 is 0. The zero-order chi connectivity index (χ0) is 17.9. The number of aromatic nitrogens is 3. The SMILES string of the molecule is CC(C)(C#N)c1ccccc1CN1CCCC(O)(Cn2ccnn2)C1. The minimum absolute atomic E-state index is 0.453. The molecular weight excluding hydrogens is 314 g/mol. The molecule has 6 heteroatoms. The Kier molecular flexibility index (Phi) is 4.89.